The van der Waals surface area contributed by atoms with Crippen LogP contribution in [0, 0.1) is 6.92 Å². The molecule has 0 radical (unpaired) electrons. The molecule has 0 saturated carbocycles. The predicted molar refractivity (Wildman–Crippen MR) is 106 cm³/mol. The summed E-state index contributed by atoms with van der Waals surface area (Å²) in [7, 11) is 0. The van der Waals surface area contributed by atoms with E-state index < -0.39 is 0 Å². The van der Waals surface area contributed by atoms with Gasteiger partial charge >= 0.3 is 0 Å². The van der Waals surface area contributed by atoms with Crippen LogP contribution in [0.25, 0.3) is 16.6 Å². The Bertz CT molecular complexity index is 973. The fourth-order valence-electron chi connectivity index (χ4n) is 3.54. The van der Waals surface area contributed by atoms with E-state index in [1.54, 1.807) is 4.57 Å². The third-order valence-electron chi connectivity index (χ3n) is 4.83. The molecule has 0 unspecified atom stereocenters. The van der Waals surface area contributed by atoms with Crippen LogP contribution in [0.4, 0.5) is 5.69 Å². The zero-order valence-corrected chi connectivity index (χ0v) is 15.8. The van der Waals surface area contributed by atoms with Crippen molar-refractivity contribution < 1.29 is 0 Å². The molecule has 5 heteroatoms. The Kier molecular flexibility index (Phi) is 4.34. The number of benzene rings is 2. The zero-order chi connectivity index (χ0) is 17.4. The van der Waals surface area contributed by atoms with Crippen LogP contribution in [0.2, 0.25) is 0 Å². The molecule has 0 spiro atoms. The highest BCUT2D eigenvalue weighted by Crippen LogP contribution is 2.22. The van der Waals surface area contributed by atoms with Gasteiger partial charge in [0.25, 0.3) is 5.56 Å². The number of anilines is 1. The van der Waals surface area contributed by atoms with E-state index >= 15 is 0 Å². The zero-order valence-electron chi connectivity index (χ0n) is 14.2. The van der Waals surface area contributed by atoms with E-state index in [9.17, 15) is 4.79 Å². The minimum Gasteiger partial charge on any atom is -0.372 e. The number of aryl methyl sites for hydroxylation is 1. The van der Waals surface area contributed by atoms with Gasteiger partial charge in [-0.1, -0.05) is 15.9 Å². The maximum absolute atomic E-state index is 13.0. The predicted octanol–water partition coefficient (Wildman–Crippen LogP) is 4.45. The summed E-state index contributed by atoms with van der Waals surface area (Å²) in [5.74, 6) is 0.700. The van der Waals surface area contributed by atoms with Crippen LogP contribution in [0.1, 0.15) is 25.1 Å². The fraction of sp³-hybridized carbons (Fsp3) is 0.300. The van der Waals surface area contributed by atoms with Crippen molar-refractivity contribution in [2.75, 3.05) is 18.0 Å². The summed E-state index contributed by atoms with van der Waals surface area (Å²) >= 11 is 3.44. The van der Waals surface area contributed by atoms with Gasteiger partial charge in [0, 0.05) is 23.2 Å². The maximum Gasteiger partial charge on any atom is 0.265 e. The van der Waals surface area contributed by atoms with Crippen molar-refractivity contribution in [2.24, 2.45) is 0 Å². The lowest BCUT2D eigenvalue weighted by atomic mass is 10.1. The Hall–Kier alpha value is -2.14. The molecule has 1 aromatic heterocycles. The number of nitrogens with zero attached hydrogens (tertiary/aromatic N) is 3. The molecule has 4 rings (SSSR count). The summed E-state index contributed by atoms with van der Waals surface area (Å²) in [5.41, 5.74) is 2.78. The standard InChI is InChI=1S/C20H20BrN3O/c1-14-22-19-10-5-15(21)13-18(19)20(25)24(14)17-8-6-16(7-9-17)23-11-3-2-4-12-23/h5-10,13H,2-4,11-12H2,1H3. The van der Waals surface area contributed by atoms with Gasteiger partial charge in [-0.2, -0.15) is 0 Å². The Labute approximate surface area is 155 Å². The maximum atomic E-state index is 13.0. The molecule has 2 heterocycles. The van der Waals surface area contributed by atoms with E-state index in [0.717, 1.165) is 28.8 Å². The summed E-state index contributed by atoms with van der Waals surface area (Å²) in [4.78, 5) is 20.0. The van der Waals surface area contributed by atoms with Gasteiger partial charge in [-0.3, -0.25) is 9.36 Å². The summed E-state index contributed by atoms with van der Waals surface area (Å²) < 4.78 is 2.57. The van der Waals surface area contributed by atoms with Gasteiger partial charge in [-0.05, 0) is 68.7 Å². The van der Waals surface area contributed by atoms with Crippen molar-refractivity contribution in [1.82, 2.24) is 9.55 Å². The molecular formula is C20H20BrN3O. The summed E-state index contributed by atoms with van der Waals surface area (Å²) in [6, 6.07) is 13.9. The first-order chi connectivity index (χ1) is 12.1. The quantitative estimate of drug-likeness (QED) is 0.640. The summed E-state index contributed by atoms with van der Waals surface area (Å²) in [6.45, 7) is 4.11. The van der Waals surface area contributed by atoms with Crippen LogP contribution in [0.15, 0.2) is 51.7 Å². The van der Waals surface area contributed by atoms with Crippen LogP contribution in [0.5, 0.6) is 0 Å². The normalized spacial score (nSPS) is 14.9. The number of hydrogen-bond donors (Lipinski definition) is 0. The lowest BCUT2D eigenvalue weighted by Crippen LogP contribution is -2.29. The van der Waals surface area contributed by atoms with Crippen LogP contribution in [0.3, 0.4) is 0 Å². The Morgan fingerprint density at radius 3 is 2.36 bits per heavy atom. The average molecular weight is 398 g/mol. The third kappa shape index (κ3) is 3.09. The highest BCUT2D eigenvalue weighted by Gasteiger charge is 2.13. The molecule has 1 saturated heterocycles. The number of rotatable bonds is 2. The van der Waals surface area contributed by atoms with Crippen molar-refractivity contribution in [3.8, 4) is 5.69 Å². The van der Waals surface area contributed by atoms with Crippen LogP contribution in [-0.2, 0) is 0 Å². The first kappa shape index (κ1) is 16.3. The van der Waals surface area contributed by atoms with Crippen molar-refractivity contribution in [1.29, 1.82) is 0 Å². The summed E-state index contributed by atoms with van der Waals surface area (Å²) in [5, 5.41) is 0.625. The molecule has 4 nitrogen and oxygen atoms in total. The molecule has 1 aliphatic heterocycles. The number of fused-ring (bicyclic) bond motifs is 1. The van der Waals surface area contributed by atoms with Crippen molar-refractivity contribution in [3.05, 3.63) is 63.1 Å². The van der Waals surface area contributed by atoms with Gasteiger partial charge in [0.2, 0.25) is 0 Å². The minimum atomic E-state index is -0.0328. The lowest BCUT2D eigenvalue weighted by molar-refractivity contribution is 0.578. The van der Waals surface area contributed by atoms with Gasteiger partial charge in [-0.15, -0.1) is 0 Å². The second-order valence-electron chi connectivity index (χ2n) is 6.53. The molecule has 2 aromatic carbocycles. The van der Waals surface area contributed by atoms with E-state index in [1.807, 2.05) is 37.3 Å². The minimum absolute atomic E-state index is 0.0328. The van der Waals surface area contributed by atoms with Crippen LogP contribution < -0.4 is 10.5 Å². The van der Waals surface area contributed by atoms with Crippen molar-refractivity contribution >= 4 is 32.5 Å². The van der Waals surface area contributed by atoms with Gasteiger partial charge in [0.15, 0.2) is 0 Å². The van der Waals surface area contributed by atoms with E-state index in [0.29, 0.717) is 11.2 Å². The van der Waals surface area contributed by atoms with Crippen LogP contribution >= 0.6 is 15.9 Å². The topological polar surface area (TPSA) is 38.1 Å². The van der Waals surface area contributed by atoms with E-state index in [-0.39, 0.29) is 5.56 Å². The largest absolute Gasteiger partial charge is 0.372 e. The van der Waals surface area contributed by atoms with Crippen LogP contribution in [-0.4, -0.2) is 22.6 Å². The molecule has 0 atom stereocenters. The van der Waals surface area contributed by atoms with E-state index in [2.05, 4.69) is 37.9 Å². The molecule has 1 aliphatic rings. The molecule has 0 amide bonds. The first-order valence-corrected chi connectivity index (χ1v) is 9.47. The number of piperidine rings is 1. The smallest absolute Gasteiger partial charge is 0.265 e. The Morgan fingerprint density at radius 2 is 1.64 bits per heavy atom. The molecule has 0 bridgehead atoms. The van der Waals surface area contributed by atoms with Crippen molar-refractivity contribution in [3.63, 3.8) is 0 Å². The molecule has 0 aliphatic carbocycles. The third-order valence-corrected chi connectivity index (χ3v) is 5.32. The second kappa shape index (κ2) is 6.64. The SMILES string of the molecule is Cc1nc2ccc(Br)cc2c(=O)n1-c1ccc(N2CCCCC2)cc1. The molecule has 3 aromatic rings. The Balaban J connectivity index is 1.77. The van der Waals surface area contributed by atoms with Gasteiger partial charge in [0.1, 0.15) is 5.82 Å². The number of aromatic nitrogens is 2. The number of hydrogen-bond acceptors (Lipinski definition) is 3. The molecule has 0 N–H and O–H groups in total. The highest BCUT2D eigenvalue weighted by atomic mass is 79.9. The van der Waals surface area contributed by atoms with E-state index in [4.69, 9.17) is 0 Å². The summed E-state index contributed by atoms with van der Waals surface area (Å²) in [6.07, 6.45) is 3.83. The number of halogens is 1. The second-order valence-corrected chi connectivity index (χ2v) is 7.44. The van der Waals surface area contributed by atoms with Crippen molar-refractivity contribution in [2.45, 2.75) is 26.2 Å². The Morgan fingerprint density at radius 1 is 0.960 bits per heavy atom. The van der Waals surface area contributed by atoms with E-state index in [1.165, 1.54) is 24.9 Å². The molecule has 1 fully saturated rings. The fourth-order valence-corrected chi connectivity index (χ4v) is 3.90. The van der Waals surface area contributed by atoms with Gasteiger partial charge in [-0.25, -0.2) is 4.98 Å². The van der Waals surface area contributed by atoms with Gasteiger partial charge < -0.3 is 4.90 Å². The first-order valence-electron chi connectivity index (χ1n) is 8.68. The monoisotopic (exact) mass is 397 g/mol. The highest BCUT2D eigenvalue weighted by molar-refractivity contribution is 9.10. The average Bonchev–Trinajstić information content (AvgIpc) is 2.64. The molecular weight excluding hydrogens is 378 g/mol. The molecule has 25 heavy (non-hydrogen) atoms. The molecule has 128 valence electrons. The van der Waals surface area contributed by atoms with Gasteiger partial charge in [0.05, 0.1) is 16.6 Å². The lowest BCUT2D eigenvalue weighted by Gasteiger charge is -2.29.